The number of benzene rings is 3. The third-order valence-electron chi connectivity index (χ3n) is 6.03. The third-order valence-corrected chi connectivity index (χ3v) is 6.40. The molecule has 0 aromatic heterocycles. The monoisotopic (exact) mass is 476 g/mol. The number of carbonyl (C=O) groups is 2. The van der Waals surface area contributed by atoms with Gasteiger partial charge in [0.1, 0.15) is 6.04 Å². The van der Waals surface area contributed by atoms with E-state index >= 15 is 0 Å². The highest BCUT2D eigenvalue weighted by Crippen LogP contribution is 2.20. The fourth-order valence-corrected chi connectivity index (χ4v) is 4.09. The second kappa shape index (κ2) is 13.0. The highest BCUT2D eigenvalue weighted by molar-refractivity contribution is 6.31. The molecule has 0 aliphatic rings. The number of rotatable bonds is 11. The van der Waals surface area contributed by atoms with Crippen LogP contribution in [0.25, 0.3) is 0 Å². The van der Waals surface area contributed by atoms with Crippen LogP contribution in [0.4, 0.5) is 0 Å². The fourth-order valence-electron chi connectivity index (χ4n) is 3.86. The molecule has 0 radical (unpaired) electrons. The summed E-state index contributed by atoms with van der Waals surface area (Å²) in [7, 11) is 0. The summed E-state index contributed by atoms with van der Waals surface area (Å²) in [5, 5.41) is 3.75. The first-order valence-corrected chi connectivity index (χ1v) is 12.3. The van der Waals surface area contributed by atoms with Gasteiger partial charge in [-0.25, -0.2) is 0 Å². The Morgan fingerprint density at radius 2 is 1.47 bits per heavy atom. The van der Waals surface area contributed by atoms with E-state index in [1.807, 2.05) is 98.8 Å². The molecule has 3 aromatic carbocycles. The number of nitrogens with one attached hydrogen (secondary N) is 1. The zero-order valence-electron chi connectivity index (χ0n) is 19.9. The average molecular weight is 477 g/mol. The topological polar surface area (TPSA) is 49.4 Å². The molecule has 0 bridgehead atoms. The first-order chi connectivity index (χ1) is 16.5. The van der Waals surface area contributed by atoms with Gasteiger partial charge in [-0.1, -0.05) is 97.4 Å². The summed E-state index contributed by atoms with van der Waals surface area (Å²) in [4.78, 5) is 28.8. The molecular weight excluding hydrogens is 444 g/mol. The van der Waals surface area contributed by atoms with Crippen LogP contribution in [0.15, 0.2) is 84.9 Å². The Hall–Kier alpha value is -3.11. The highest BCUT2D eigenvalue weighted by Gasteiger charge is 2.30. The zero-order valence-corrected chi connectivity index (χ0v) is 20.7. The Kier molecular flexibility index (Phi) is 9.72. The fraction of sp³-hybridized carbons (Fsp3) is 0.310. The van der Waals surface area contributed by atoms with Crippen molar-refractivity contribution in [2.45, 2.75) is 58.2 Å². The van der Waals surface area contributed by atoms with Crippen molar-refractivity contribution in [1.82, 2.24) is 10.2 Å². The summed E-state index contributed by atoms with van der Waals surface area (Å²) in [6.07, 6.45) is 2.07. The lowest BCUT2D eigenvalue weighted by atomic mass is 10.0. The van der Waals surface area contributed by atoms with E-state index in [1.165, 1.54) is 0 Å². The molecular formula is C29H33ClN2O2. The van der Waals surface area contributed by atoms with E-state index in [2.05, 4.69) is 5.32 Å². The van der Waals surface area contributed by atoms with Gasteiger partial charge < -0.3 is 10.2 Å². The van der Waals surface area contributed by atoms with Crippen LogP contribution in [0.2, 0.25) is 5.02 Å². The maximum absolute atomic E-state index is 13.6. The van der Waals surface area contributed by atoms with Crippen molar-refractivity contribution < 1.29 is 9.59 Å². The Morgan fingerprint density at radius 1 is 0.882 bits per heavy atom. The molecule has 5 heteroatoms. The van der Waals surface area contributed by atoms with Crippen LogP contribution in [-0.4, -0.2) is 28.8 Å². The van der Waals surface area contributed by atoms with Crippen LogP contribution in [-0.2, 0) is 29.0 Å². The Balaban J connectivity index is 1.90. The SMILES string of the molecule is CC[C@H](C)NC(=O)[C@H](Cc1ccccc1)N(Cc1ccccc1)C(=O)CCc1ccccc1Cl. The Bertz CT molecular complexity index is 1060. The van der Waals surface area contributed by atoms with Crippen LogP contribution in [0.5, 0.6) is 0 Å². The van der Waals surface area contributed by atoms with Crippen LogP contribution in [0.3, 0.4) is 0 Å². The smallest absolute Gasteiger partial charge is 0.243 e. The predicted octanol–water partition coefficient (Wildman–Crippen LogP) is 5.83. The average Bonchev–Trinajstić information content (AvgIpc) is 2.86. The van der Waals surface area contributed by atoms with Crippen molar-refractivity contribution in [1.29, 1.82) is 0 Å². The van der Waals surface area contributed by atoms with Gasteiger partial charge in [0, 0.05) is 30.5 Å². The maximum atomic E-state index is 13.6. The minimum Gasteiger partial charge on any atom is -0.352 e. The molecule has 0 saturated heterocycles. The number of amides is 2. The van der Waals surface area contributed by atoms with E-state index in [0.29, 0.717) is 24.4 Å². The van der Waals surface area contributed by atoms with Gasteiger partial charge in [-0.2, -0.15) is 0 Å². The normalized spacial score (nSPS) is 12.6. The van der Waals surface area contributed by atoms with Crippen molar-refractivity contribution in [3.8, 4) is 0 Å². The van der Waals surface area contributed by atoms with Gasteiger partial charge in [-0.3, -0.25) is 9.59 Å². The summed E-state index contributed by atoms with van der Waals surface area (Å²) >= 11 is 6.32. The largest absolute Gasteiger partial charge is 0.352 e. The summed E-state index contributed by atoms with van der Waals surface area (Å²) in [6.45, 7) is 4.39. The van der Waals surface area contributed by atoms with Gasteiger partial charge in [0.15, 0.2) is 0 Å². The summed E-state index contributed by atoms with van der Waals surface area (Å²) in [6, 6.07) is 26.7. The van der Waals surface area contributed by atoms with E-state index in [4.69, 9.17) is 11.6 Å². The minimum atomic E-state index is -0.615. The summed E-state index contributed by atoms with van der Waals surface area (Å²) in [5.41, 5.74) is 2.94. The van der Waals surface area contributed by atoms with Crippen molar-refractivity contribution in [3.63, 3.8) is 0 Å². The van der Waals surface area contributed by atoms with E-state index in [-0.39, 0.29) is 24.3 Å². The van der Waals surface area contributed by atoms with Crippen molar-refractivity contribution in [2.24, 2.45) is 0 Å². The first kappa shape index (κ1) is 25.5. The van der Waals surface area contributed by atoms with E-state index in [1.54, 1.807) is 4.90 Å². The van der Waals surface area contributed by atoms with Crippen molar-refractivity contribution in [2.75, 3.05) is 0 Å². The number of aryl methyl sites for hydroxylation is 1. The summed E-state index contributed by atoms with van der Waals surface area (Å²) < 4.78 is 0. The lowest BCUT2D eigenvalue weighted by molar-refractivity contribution is -0.141. The minimum absolute atomic E-state index is 0.0302. The van der Waals surface area contributed by atoms with Gasteiger partial charge in [0.25, 0.3) is 0 Å². The van der Waals surface area contributed by atoms with Crippen LogP contribution < -0.4 is 5.32 Å². The molecule has 178 valence electrons. The van der Waals surface area contributed by atoms with Crippen LogP contribution in [0.1, 0.15) is 43.4 Å². The molecule has 0 heterocycles. The van der Waals surface area contributed by atoms with Gasteiger partial charge >= 0.3 is 0 Å². The highest BCUT2D eigenvalue weighted by atomic mass is 35.5. The number of halogens is 1. The molecule has 0 spiro atoms. The maximum Gasteiger partial charge on any atom is 0.243 e. The Morgan fingerprint density at radius 3 is 2.09 bits per heavy atom. The van der Waals surface area contributed by atoms with E-state index < -0.39 is 6.04 Å². The molecule has 2 amide bonds. The first-order valence-electron chi connectivity index (χ1n) is 11.9. The zero-order chi connectivity index (χ0) is 24.3. The number of carbonyl (C=O) groups excluding carboxylic acids is 2. The van der Waals surface area contributed by atoms with Gasteiger partial charge in [-0.15, -0.1) is 0 Å². The van der Waals surface area contributed by atoms with E-state index in [0.717, 1.165) is 23.1 Å². The summed E-state index contributed by atoms with van der Waals surface area (Å²) in [5.74, 6) is -0.191. The molecule has 3 aromatic rings. The molecule has 0 aliphatic heterocycles. The van der Waals surface area contributed by atoms with Gasteiger partial charge in [-0.05, 0) is 42.5 Å². The molecule has 4 nitrogen and oxygen atoms in total. The quantitative estimate of drug-likeness (QED) is 0.378. The molecule has 3 rings (SSSR count). The Labute approximate surface area is 207 Å². The second-order valence-corrected chi connectivity index (χ2v) is 9.03. The lowest BCUT2D eigenvalue weighted by Crippen LogP contribution is -2.52. The number of hydrogen-bond acceptors (Lipinski definition) is 2. The third kappa shape index (κ3) is 7.46. The molecule has 0 aliphatic carbocycles. The van der Waals surface area contributed by atoms with Crippen molar-refractivity contribution >= 4 is 23.4 Å². The van der Waals surface area contributed by atoms with Gasteiger partial charge in [0.05, 0.1) is 0 Å². The number of nitrogens with zero attached hydrogens (tertiary/aromatic N) is 1. The molecule has 2 atom stereocenters. The lowest BCUT2D eigenvalue weighted by Gasteiger charge is -2.32. The van der Waals surface area contributed by atoms with Crippen LogP contribution >= 0.6 is 11.6 Å². The molecule has 0 unspecified atom stereocenters. The molecule has 1 N–H and O–H groups in total. The molecule has 34 heavy (non-hydrogen) atoms. The molecule has 0 fully saturated rings. The number of hydrogen-bond donors (Lipinski definition) is 1. The standard InChI is InChI=1S/C29H33ClN2O2/c1-3-22(2)31-29(34)27(20-23-12-6-4-7-13-23)32(21-24-14-8-5-9-15-24)28(33)19-18-25-16-10-11-17-26(25)30/h4-17,22,27H,3,18-21H2,1-2H3,(H,31,34)/t22-,27-/m0/s1. The second-order valence-electron chi connectivity index (χ2n) is 8.62. The molecule has 0 saturated carbocycles. The van der Waals surface area contributed by atoms with Crippen LogP contribution in [0, 0.1) is 0 Å². The van der Waals surface area contributed by atoms with Gasteiger partial charge in [0.2, 0.25) is 11.8 Å². The van der Waals surface area contributed by atoms with E-state index in [9.17, 15) is 9.59 Å². The van der Waals surface area contributed by atoms with Crippen molar-refractivity contribution in [3.05, 3.63) is 107 Å². The predicted molar refractivity (Wildman–Crippen MR) is 139 cm³/mol.